The molecular weight excluding hydrogens is 302 g/mol. The van der Waals surface area contributed by atoms with Crippen LogP contribution in [0.3, 0.4) is 0 Å². The molecule has 126 valence electrons. The fourth-order valence-electron chi connectivity index (χ4n) is 2.76. The number of likely N-dealkylation sites (tertiary alicyclic amines) is 1. The van der Waals surface area contributed by atoms with Crippen LogP contribution in [0.1, 0.15) is 43.2 Å². The van der Waals surface area contributed by atoms with E-state index in [1.165, 1.54) is 16.9 Å². The summed E-state index contributed by atoms with van der Waals surface area (Å²) in [6.45, 7) is 4.65. The minimum Gasteiger partial charge on any atom is -0.477 e. The molecule has 1 fully saturated rings. The molecule has 0 saturated carbocycles. The van der Waals surface area contributed by atoms with Gasteiger partial charge < -0.3 is 14.7 Å². The molecule has 8 nitrogen and oxygen atoms in total. The molecule has 1 atom stereocenters. The van der Waals surface area contributed by atoms with Crippen LogP contribution >= 0.6 is 0 Å². The second-order valence-electron chi connectivity index (χ2n) is 5.49. The SMILES string of the molecule is CCOC(=O)C1CCN(C(=O)C(C)n2nccc2C(=O)O)CC1. The Labute approximate surface area is 134 Å². The summed E-state index contributed by atoms with van der Waals surface area (Å²) in [4.78, 5) is 37.0. The lowest BCUT2D eigenvalue weighted by molar-refractivity contribution is -0.151. The molecule has 1 unspecified atom stereocenters. The zero-order valence-corrected chi connectivity index (χ0v) is 13.3. The van der Waals surface area contributed by atoms with Crippen LogP contribution in [-0.2, 0) is 14.3 Å². The number of aromatic carboxylic acids is 1. The Hall–Kier alpha value is -2.38. The number of carboxylic acids is 1. The van der Waals surface area contributed by atoms with Crippen molar-refractivity contribution in [1.29, 1.82) is 0 Å². The molecule has 1 aliphatic rings. The molecule has 0 spiro atoms. The van der Waals surface area contributed by atoms with Gasteiger partial charge in [-0.25, -0.2) is 9.48 Å². The van der Waals surface area contributed by atoms with Crippen LogP contribution in [0, 0.1) is 5.92 Å². The van der Waals surface area contributed by atoms with Gasteiger partial charge in [-0.15, -0.1) is 0 Å². The molecule has 1 N–H and O–H groups in total. The van der Waals surface area contributed by atoms with Gasteiger partial charge in [0.25, 0.3) is 0 Å². The maximum absolute atomic E-state index is 12.5. The van der Waals surface area contributed by atoms with Crippen molar-refractivity contribution in [2.24, 2.45) is 5.92 Å². The van der Waals surface area contributed by atoms with Gasteiger partial charge in [-0.2, -0.15) is 5.10 Å². The molecule has 2 rings (SSSR count). The highest BCUT2D eigenvalue weighted by atomic mass is 16.5. The molecule has 1 amide bonds. The first-order valence-electron chi connectivity index (χ1n) is 7.68. The Bertz CT molecular complexity index is 590. The average Bonchev–Trinajstić information content (AvgIpc) is 3.03. The number of esters is 1. The van der Waals surface area contributed by atoms with E-state index < -0.39 is 12.0 Å². The van der Waals surface area contributed by atoms with E-state index in [4.69, 9.17) is 9.84 Å². The monoisotopic (exact) mass is 323 g/mol. The predicted molar refractivity (Wildman–Crippen MR) is 79.8 cm³/mol. The smallest absolute Gasteiger partial charge is 0.354 e. The summed E-state index contributed by atoms with van der Waals surface area (Å²) in [6.07, 6.45) is 2.48. The number of rotatable bonds is 5. The van der Waals surface area contributed by atoms with Gasteiger partial charge >= 0.3 is 11.9 Å². The molecular formula is C15H21N3O5. The third kappa shape index (κ3) is 3.69. The molecule has 0 bridgehead atoms. The molecule has 1 aromatic rings. The number of amides is 1. The maximum atomic E-state index is 12.5. The van der Waals surface area contributed by atoms with E-state index in [0.29, 0.717) is 32.5 Å². The van der Waals surface area contributed by atoms with Crippen molar-refractivity contribution in [2.75, 3.05) is 19.7 Å². The fraction of sp³-hybridized carbons (Fsp3) is 0.600. The lowest BCUT2D eigenvalue weighted by Crippen LogP contribution is -2.43. The summed E-state index contributed by atoms with van der Waals surface area (Å²) in [5, 5.41) is 13.0. The highest BCUT2D eigenvalue weighted by Gasteiger charge is 2.31. The van der Waals surface area contributed by atoms with Crippen LogP contribution < -0.4 is 0 Å². The Balaban J connectivity index is 1.98. The van der Waals surface area contributed by atoms with Gasteiger partial charge in [-0.05, 0) is 32.8 Å². The summed E-state index contributed by atoms with van der Waals surface area (Å²) in [7, 11) is 0. The van der Waals surface area contributed by atoms with Gasteiger partial charge in [-0.3, -0.25) is 9.59 Å². The number of carbonyl (C=O) groups is 3. The second-order valence-corrected chi connectivity index (χ2v) is 5.49. The number of aromatic nitrogens is 2. The summed E-state index contributed by atoms with van der Waals surface area (Å²) in [6, 6.07) is 0.661. The second kappa shape index (κ2) is 7.26. The van der Waals surface area contributed by atoms with Gasteiger partial charge in [0.2, 0.25) is 5.91 Å². The molecule has 0 aliphatic carbocycles. The molecule has 8 heteroatoms. The van der Waals surface area contributed by atoms with E-state index in [0.717, 1.165) is 0 Å². The first kappa shape index (κ1) is 17.0. The molecule has 1 saturated heterocycles. The molecule has 1 aromatic heterocycles. The van der Waals surface area contributed by atoms with Crippen molar-refractivity contribution >= 4 is 17.8 Å². The highest BCUT2D eigenvalue weighted by molar-refractivity contribution is 5.87. The van der Waals surface area contributed by atoms with Crippen molar-refractivity contribution in [1.82, 2.24) is 14.7 Å². The molecule has 23 heavy (non-hydrogen) atoms. The van der Waals surface area contributed by atoms with Gasteiger partial charge in [0.1, 0.15) is 11.7 Å². The van der Waals surface area contributed by atoms with Crippen LogP contribution in [0.4, 0.5) is 0 Å². The Morgan fingerprint density at radius 3 is 2.61 bits per heavy atom. The average molecular weight is 323 g/mol. The highest BCUT2D eigenvalue weighted by Crippen LogP contribution is 2.21. The molecule has 1 aliphatic heterocycles. The van der Waals surface area contributed by atoms with Crippen molar-refractivity contribution in [3.8, 4) is 0 Å². The summed E-state index contributed by atoms with van der Waals surface area (Å²) in [5.41, 5.74) is -0.0211. The van der Waals surface area contributed by atoms with Crippen LogP contribution in [0.15, 0.2) is 12.3 Å². The van der Waals surface area contributed by atoms with Gasteiger partial charge in [0.05, 0.1) is 12.5 Å². The van der Waals surface area contributed by atoms with E-state index in [1.54, 1.807) is 18.7 Å². The van der Waals surface area contributed by atoms with Crippen LogP contribution in [0.25, 0.3) is 0 Å². The largest absolute Gasteiger partial charge is 0.477 e. The lowest BCUT2D eigenvalue weighted by atomic mass is 9.96. The van der Waals surface area contributed by atoms with E-state index in [2.05, 4.69) is 5.10 Å². The molecule has 2 heterocycles. The number of carboxylic acid groups (broad SMARTS) is 1. The van der Waals surface area contributed by atoms with Crippen molar-refractivity contribution in [3.63, 3.8) is 0 Å². The van der Waals surface area contributed by atoms with E-state index in [1.807, 2.05) is 0 Å². The molecule has 0 radical (unpaired) electrons. The van der Waals surface area contributed by atoms with Crippen molar-refractivity contribution < 1.29 is 24.2 Å². The summed E-state index contributed by atoms with van der Waals surface area (Å²) in [5.74, 6) is -1.71. The van der Waals surface area contributed by atoms with Crippen LogP contribution in [0.2, 0.25) is 0 Å². The first-order valence-corrected chi connectivity index (χ1v) is 7.68. The summed E-state index contributed by atoms with van der Waals surface area (Å²) >= 11 is 0. The van der Waals surface area contributed by atoms with E-state index in [9.17, 15) is 14.4 Å². The minimum atomic E-state index is -1.12. The first-order chi connectivity index (χ1) is 11.0. The number of piperidine rings is 1. The minimum absolute atomic E-state index is 0.0211. The number of carbonyl (C=O) groups excluding carboxylic acids is 2. The number of hydrogen-bond acceptors (Lipinski definition) is 5. The Kier molecular flexibility index (Phi) is 5.36. The fourth-order valence-corrected chi connectivity index (χ4v) is 2.76. The summed E-state index contributed by atoms with van der Waals surface area (Å²) < 4.78 is 6.21. The van der Waals surface area contributed by atoms with Crippen LogP contribution in [0.5, 0.6) is 0 Å². The van der Waals surface area contributed by atoms with Crippen molar-refractivity contribution in [2.45, 2.75) is 32.7 Å². The number of hydrogen-bond donors (Lipinski definition) is 1. The Morgan fingerprint density at radius 2 is 2.04 bits per heavy atom. The zero-order chi connectivity index (χ0) is 17.0. The topological polar surface area (TPSA) is 102 Å². The van der Waals surface area contributed by atoms with Crippen molar-refractivity contribution in [3.05, 3.63) is 18.0 Å². The zero-order valence-electron chi connectivity index (χ0n) is 13.3. The predicted octanol–water partition coefficient (Wildman–Crippen LogP) is 0.944. The Morgan fingerprint density at radius 1 is 1.39 bits per heavy atom. The third-order valence-electron chi connectivity index (χ3n) is 4.04. The lowest BCUT2D eigenvalue weighted by Gasteiger charge is -2.32. The van der Waals surface area contributed by atoms with Gasteiger partial charge in [0.15, 0.2) is 0 Å². The normalized spacial score (nSPS) is 16.9. The van der Waals surface area contributed by atoms with E-state index in [-0.39, 0.29) is 23.5 Å². The number of nitrogens with zero attached hydrogens (tertiary/aromatic N) is 3. The maximum Gasteiger partial charge on any atom is 0.354 e. The standard InChI is InChI=1S/C15H21N3O5/c1-3-23-15(22)11-5-8-17(9-6-11)13(19)10(2)18-12(14(20)21)4-7-16-18/h4,7,10-11H,3,5-6,8-9H2,1-2H3,(H,20,21). The van der Waals surface area contributed by atoms with Gasteiger partial charge in [0, 0.05) is 19.3 Å². The van der Waals surface area contributed by atoms with Gasteiger partial charge in [-0.1, -0.05) is 0 Å². The number of ether oxygens (including phenoxy) is 1. The van der Waals surface area contributed by atoms with Crippen LogP contribution in [-0.4, -0.2) is 57.3 Å². The third-order valence-corrected chi connectivity index (χ3v) is 4.04. The quantitative estimate of drug-likeness (QED) is 0.809. The molecule has 0 aromatic carbocycles. The van der Waals surface area contributed by atoms with E-state index >= 15 is 0 Å².